The van der Waals surface area contributed by atoms with Crippen LogP contribution in [0.5, 0.6) is 5.75 Å². The molecule has 1 aromatic carbocycles. The summed E-state index contributed by atoms with van der Waals surface area (Å²) >= 11 is 0. The molecule has 2 heterocycles. The van der Waals surface area contributed by atoms with E-state index in [9.17, 15) is 18.0 Å². The first-order chi connectivity index (χ1) is 14.4. The van der Waals surface area contributed by atoms with E-state index in [1.807, 2.05) is 27.7 Å². The molecule has 1 aliphatic heterocycles. The van der Waals surface area contributed by atoms with Crippen molar-refractivity contribution in [2.45, 2.75) is 70.9 Å². The lowest BCUT2D eigenvalue weighted by Crippen LogP contribution is -2.22. The molecule has 1 aromatic heterocycles. The van der Waals surface area contributed by atoms with Crippen LogP contribution >= 0.6 is 0 Å². The lowest BCUT2D eigenvalue weighted by atomic mass is 9.92. The van der Waals surface area contributed by atoms with Gasteiger partial charge < -0.3 is 14.8 Å². The quantitative estimate of drug-likeness (QED) is 0.710. The minimum Gasteiger partial charge on any atom is -0.496 e. The van der Waals surface area contributed by atoms with E-state index in [0.717, 1.165) is 36.7 Å². The largest absolute Gasteiger partial charge is 0.496 e. The van der Waals surface area contributed by atoms with E-state index in [4.69, 9.17) is 9.47 Å². The number of rotatable bonds is 5. The summed E-state index contributed by atoms with van der Waals surface area (Å²) in [7, 11) is 1.31. The minimum absolute atomic E-state index is 0.0403. The lowest BCUT2D eigenvalue weighted by Gasteiger charge is -2.16. The first kappa shape index (κ1) is 23.1. The van der Waals surface area contributed by atoms with E-state index in [0.29, 0.717) is 12.4 Å². The molecule has 2 aromatic rings. The number of halogens is 3. The third-order valence-corrected chi connectivity index (χ3v) is 5.26. The molecule has 1 aliphatic rings. The fourth-order valence-electron chi connectivity index (χ4n) is 3.48. The Labute approximate surface area is 179 Å². The number of ether oxygens (including phenoxy) is 2. The zero-order valence-electron chi connectivity index (χ0n) is 18.3. The maximum atomic E-state index is 13.2. The molecule has 2 atom stereocenters. The summed E-state index contributed by atoms with van der Waals surface area (Å²) in [6.07, 6.45) is -2.63. The molecule has 1 unspecified atom stereocenters. The van der Waals surface area contributed by atoms with Gasteiger partial charge in [0, 0.05) is 11.5 Å². The maximum Gasteiger partial charge on any atom is 0.416 e. The number of methoxy groups -OCH3 is 1. The minimum atomic E-state index is -4.57. The molecule has 1 fully saturated rings. The Morgan fingerprint density at radius 1 is 1.26 bits per heavy atom. The van der Waals surface area contributed by atoms with Crippen LogP contribution in [0, 0.1) is 0 Å². The Kier molecular flexibility index (Phi) is 6.36. The SMILES string of the molecule is COc1ccc(C(F)(F)F)cc1C(=O)Nc1cc(C(C)(C)C)nn1CC1CC[C@H](C)O1. The van der Waals surface area contributed by atoms with E-state index in [1.165, 1.54) is 7.11 Å². The number of anilines is 1. The number of benzene rings is 1. The van der Waals surface area contributed by atoms with Gasteiger partial charge >= 0.3 is 6.18 Å². The van der Waals surface area contributed by atoms with Gasteiger partial charge in [-0.3, -0.25) is 4.79 Å². The van der Waals surface area contributed by atoms with Gasteiger partial charge in [-0.05, 0) is 38.0 Å². The van der Waals surface area contributed by atoms with Crippen molar-refractivity contribution < 1.29 is 27.4 Å². The molecule has 3 rings (SSSR count). The number of hydrogen-bond donors (Lipinski definition) is 1. The van der Waals surface area contributed by atoms with E-state index >= 15 is 0 Å². The van der Waals surface area contributed by atoms with Gasteiger partial charge in [0.05, 0.1) is 42.7 Å². The molecule has 9 heteroatoms. The van der Waals surface area contributed by atoms with Crippen molar-refractivity contribution in [3.63, 3.8) is 0 Å². The Balaban J connectivity index is 1.92. The first-order valence-electron chi connectivity index (χ1n) is 10.2. The summed E-state index contributed by atoms with van der Waals surface area (Å²) < 4.78 is 52.1. The highest BCUT2D eigenvalue weighted by Gasteiger charge is 2.32. The average Bonchev–Trinajstić information content (AvgIpc) is 3.26. The lowest BCUT2D eigenvalue weighted by molar-refractivity contribution is -0.137. The normalized spacial score (nSPS) is 19.5. The fraction of sp³-hybridized carbons (Fsp3) is 0.545. The Morgan fingerprint density at radius 2 is 1.97 bits per heavy atom. The number of alkyl halides is 3. The van der Waals surface area contributed by atoms with Gasteiger partial charge in [0.1, 0.15) is 11.6 Å². The molecule has 1 amide bonds. The summed E-state index contributed by atoms with van der Waals surface area (Å²) in [6.45, 7) is 8.43. The van der Waals surface area contributed by atoms with Crippen LogP contribution in [0.25, 0.3) is 0 Å². The van der Waals surface area contributed by atoms with Crippen LogP contribution in [0.15, 0.2) is 24.3 Å². The van der Waals surface area contributed by atoms with Crippen LogP contribution in [-0.4, -0.2) is 35.0 Å². The van der Waals surface area contributed by atoms with Crippen LogP contribution in [-0.2, 0) is 22.9 Å². The van der Waals surface area contributed by atoms with Crippen LogP contribution < -0.4 is 10.1 Å². The molecule has 0 radical (unpaired) electrons. The van der Waals surface area contributed by atoms with Crippen molar-refractivity contribution in [1.82, 2.24) is 9.78 Å². The Bertz CT molecular complexity index is 948. The molecule has 0 saturated carbocycles. The van der Waals surface area contributed by atoms with Crippen LogP contribution in [0.1, 0.15) is 62.2 Å². The Hall–Kier alpha value is -2.55. The smallest absolute Gasteiger partial charge is 0.416 e. The standard InChI is InChI=1S/C22H28F3N3O3/c1-13-6-8-15(31-13)12-28-19(11-18(27-28)21(2,3)4)26-20(29)16-10-14(22(23,24)25)7-9-17(16)30-5/h7,9-11,13,15H,6,8,12H2,1-5H3,(H,26,29)/t13-,15?/m0/s1. The predicted octanol–water partition coefficient (Wildman–Crippen LogP) is 5.03. The van der Waals surface area contributed by atoms with E-state index in [2.05, 4.69) is 10.4 Å². The number of aromatic nitrogens is 2. The van der Waals surface area contributed by atoms with Crippen molar-refractivity contribution in [2.75, 3.05) is 12.4 Å². The van der Waals surface area contributed by atoms with E-state index in [-0.39, 0.29) is 28.9 Å². The second-order valence-corrected chi connectivity index (χ2v) is 8.86. The van der Waals surface area contributed by atoms with Crippen molar-refractivity contribution in [2.24, 2.45) is 0 Å². The summed E-state index contributed by atoms with van der Waals surface area (Å²) in [4.78, 5) is 12.9. The number of carbonyl (C=O) groups excluding carboxylic acids is 1. The number of amides is 1. The number of hydrogen-bond acceptors (Lipinski definition) is 4. The molecule has 31 heavy (non-hydrogen) atoms. The molecular weight excluding hydrogens is 411 g/mol. The second kappa shape index (κ2) is 8.53. The van der Waals surface area contributed by atoms with Crippen molar-refractivity contribution in [1.29, 1.82) is 0 Å². The summed E-state index contributed by atoms with van der Waals surface area (Å²) in [6, 6.07) is 4.57. The summed E-state index contributed by atoms with van der Waals surface area (Å²) in [5.74, 6) is -0.247. The average molecular weight is 439 g/mol. The molecule has 0 bridgehead atoms. The molecule has 1 saturated heterocycles. The highest BCUT2D eigenvalue weighted by Crippen LogP contribution is 2.33. The molecule has 0 spiro atoms. The van der Waals surface area contributed by atoms with Crippen molar-refractivity contribution in [3.05, 3.63) is 41.1 Å². The summed E-state index contributed by atoms with van der Waals surface area (Å²) in [5.41, 5.74) is -0.642. The fourth-order valence-corrected chi connectivity index (χ4v) is 3.48. The van der Waals surface area contributed by atoms with Gasteiger partial charge in [-0.25, -0.2) is 4.68 Å². The molecular formula is C22H28F3N3O3. The molecule has 6 nitrogen and oxygen atoms in total. The highest BCUT2D eigenvalue weighted by atomic mass is 19.4. The van der Waals surface area contributed by atoms with Gasteiger partial charge in [-0.2, -0.15) is 18.3 Å². The number of nitrogens with zero attached hydrogens (tertiary/aromatic N) is 2. The van der Waals surface area contributed by atoms with Gasteiger partial charge in [0.2, 0.25) is 0 Å². The zero-order chi connectivity index (χ0) is 23.0. The predicted molar refractivity (Wildman–Crippen MR) is 110 cm³/mol. The maximum absolute atomic E-state index is 13.2. The second-order valence-electron chi connectivity index (χ2n) is 8.86. The third-order valence-electron chi connectivity index (χ3n) is 5.26. The molecule has 170 valence electrons. The van der Waals surface area contributed by atoms with Crippen molar-refractivity contribution in [3.8, 4) is 5.75 Å². The number of nitrogens with one attached hydrogen (secondary N) is 1. The van der Waals surface area contributed by atoms with Gasteiger partial charge in [-0.1, -0.05) is 20.8 Å². The molecule has 1 N–H and O–H groups in total. The van der Waals surface area contributed by atoms with E-state index in [1.54, 1.807) is 10.7 Å². The number of carbonyl (C=O) groups is 1. The van der Waals surface area contributed by atoms with Crippen molar-refractivity contribution >= 4 is 11.7 Å². The van der Waals surface area contributed by atoms with E-state index < -0.39 is 17.6 Å². The van der Waals surface area contributed by atoms with Crippen LogP contribution in [0.2, 0.25) is 0 Å². The molecule has 0 aliphatic carbocycles. The Morgan fingerprint density at radius 3 is 2.52 bits per heavy atom. The van der Waals surface area contributed by atoms with Crippen LogP contribution in [0.4, 0.5) is 19.0 Å². The van der Waals surface area contributed by atoms with Gasteiger partial charge in [0.25, 0.3) is 5.91 Å². The first-order valence-corrected chi connectivity index (χ1v) is 10.2. The van der Waals surface area contributed by atoms with Crippen LogP contribution in [0.3, 0.4) is 0 Å². The third kappa shape index (κ3) is 5.39. The summed E-state index contributed by atoms with van der Waals surface area (Å²) in [5, 5.41) is 7.34. The topological polar surface area (TPSA) is 65.4 Å². The highest BCUT2D eigenvalue weighted by molar-refractivity contribution is 6.06. The van der Waals surface area contributed by atoms with Gasteiger partial charge in [0.15, 0.2) is 0 Å². The monoisotopic (exact) mass is 439 g/mol. The van der Waals surface area contributed by atoms with Gasteiger partial charge in [-0.15, -0.1) is 0 Å². The zero-order valence-corrected chi connectivity index (χ0v) is 18.3.